The number of aromatic nitrogens is 2. The molecule has 0 aliphatic rings. The summed E-state index contributed by atoms with van der Waals surface area (Å²) in [5.74, 6) is -0.437. The van der Waals surface area contributed by atoms with Crippen molar-refractivity contribution in [2.45, 2.75) is 13.8 Å². The van der Waals surface area contributed by atoms with E-state index in [1.165, 1.54) is 13.8 Å². The van der Waals surface area contributed by atoms with Gasteiger partial charge in [0.25, 0.3) is 0 Å². The molecule has 13 heavy (non-hydrogen) atoms. The molecule has 0 aliphatic carbocycles. The SMILES string of the molecule is CC(=O)C(C)=O.Nc1ncccn1. The van der Waals surface area contributed by atoms with Crippen molar-refractivity contribution in [1.29, 1.82) is 0 Å². The van der Waals surface area contributed by atoms with E-state index in [0.29, 0.717) is 5.95 Å². The molecule has 0 bridgehead atoms. The number of hydrogen-bond donors (Lipinski definition) is 1. The Bertz CT molecular complexity index is 273. The standard InChI is InChI=1S/C4H5N3.C4H6O2/c5-4-6-2-1-3-7-4;1-3(5)4(2)6/h1-3H,(H2,5,6,7);1-2H3. The van der Waals surface area contributed by atoms with Crippen LogP contribution in [0.3, 0.4) is 0 Å². The molecule has 1 aromatic rings. The molecule has 1 heterocycles. The van der Waals surface area contributed by atoms with E-state index >= 15 is 0 Å². The highest BCUT2D eigenvalue weighted by atomic mass is 16.2. The maximum absolute atomic E-state index is 9.79. The van der Waals surface area contributed by atoms with Gasteiger partial charge in [-0.15, -0.1) is 0 Å². The van der Waals surface area contributed by atoms with Gasteiger partial charge < -0.3 is 5.73 Å². The minimum absolute atomic E-state index is 0.322. The third-order valence-corrected chi connectivity index (χ3v) is 1.08. The first-order valence-electron chi connectivity index (χ1n) is 3.58. The predicted octanol–water partition coefficient (Wildman–Crippen LogP) is 0.223. The lowest BCUT2D eigenvalue weighted by atomic mass is 10.3. The Balaban J connectivity index is 0.000000226. The fourth-order valence-corrected chi connectivity index (χ4v) is 0.311. The van der Waals surface area contributed by atoms with Crippen LogP contribution in [0, 0.1) is 0 Å². The summed E-state index contributed by atoms with van der Waals surface area (Å²) in [5.41, 5.74) is 5.14. The summed E-state index contributed by atoms with van der Waals surface area (Å²) in [4.78, 5) is 26.9. The van der Waals surface area contributed by atoms with Gasteiger partial charge in [-0.2, -0.15) is 0 Å². The van der Waals surface area contributed by atoms with Crippen LogP contribution in [-0.2, 0) is 9.59 Å². The second-order valence-electron chi connectivity index (χ2n) is 2.22. The van der Waals surface area contributed by atoms with E-state index in [1.807, 2.05) is 0 Å². The van der Waals surface area contributed by atoms with Crippen LogP contribution in [0.4, 0.5) is 5.95 Å². The molecule has 0 unspecified atom stereocenters. The molecule has 0 saturated heterocycles. The Morgan fingerprint density at radius 3 is 1.69 bits per heavy atom. The second-order valence-corrected chi connectivity index (χ2v) is 2.22. The zero-order chi connectivity index (χ0) is 10.3. The quantitative estimate of drug-likeness (QED) is 0.626. The van der Waals surface area contributed by atoms with Gasteiger partial charge in [-0.25, -0.2) is 9.97 Å². The molecule has 2 N–H and O–H groups in total. The molecule has 0 saturated carbocycles. The summed E-state index contributed by atoms with van der Waals surface area (Å²) >= 11 is 0. The van der Waals surface area contributed by atoms with Crippen LogP contribution in [0.1, 0.15) is 13.8 Å². The van der Waals surface area contributed by atoms with Crippen LogP contribution in [0.2, 0.25) is 0 Å². The maximum Gasteiger partial charge on any atom is 0.219 e. The number of nitrogens with zero attached hydrogens (tertiary/aromatic N) is 2. The van der Waals surface area contributed by atoms with Crippen LogP contribution in [0.15, 0.2) is 18.5 Å². The third-order valence-electron chi connectivity index (χ3n) is 1.08. The van der Waals surface area contributed by atoms with Crippen molar-refractivity contribution in [3.8, 4) is 0 Å². The minimum atomic E-state index is -0.380. The number of hydrogen-bond acceptors (Lipinski definition) is 5. The van der Waals surface area contributed by atoms with E-state index in [-0.39, 0.29) is 11.6 Å². The van der Waals surface area contributed by atoms with Gasteiger partial charge in [0.15, 0.2) is 11.6 Å². The van der Waals surface area contributed by atoms with Crippen molar-refractivity contribution in [3.05, 3.63) is 18.5 Å². The Hall–Kier alpha value is -1.78. The van der Waals surface area contributed by atoms with Crippen molar-refractivity contribution < 1.29 is 9.59 Å². The first kappa shape index (κ1) is 11.2. The van der Waals surface area contributed by atoms with Gasteiger partial charge in [0.1, 0.15) is 0 Å². The monoisotopic (exact) mass is 181 g/mol. The topological polar surface area (TPSA) is 85.9 Å². The summed E-state index contributed by atoms with van der Waals surface area (Å²) < 4.78 is 0. The molecule has 5 heteroatoms. The Labute approximate surface area is 76.0 Å². The second kappa shape index (κ2) is 5.82. The molecule has 0 fully saturated rings. The summed E-state index contributed by atoms with van der Waals surface area (Å²) in [6, 6.07) is 1.72. The van der Waals surface area contributed by atoms with Gasteiger partial charge in [-0.05, 0) is 6.07 Å². The first-order valence-corrected chi connectivity index (χ1v) is 3.58. The Morgan fingerprint density at radius 1 is 1.15 bits per heavy atom. The molecule has 0 radical (unpaired) electrons. The van der Waals surface area contributed by atoms with E-state index in [1.54, 1.807) is 18.5 Å². The molecule has 0 spiro atoms. The third kappa shape index (κ3) is 6.61. The van der Waals surface area contributed by atoms with Crippen LogP contribution in [0.5, 0.6) is 0 Å². The molecule has 0 atom stereocenters. The Kier molecular flexibility index (Phi) is 5.02. The maximum atomic E-state index is 9.79. The van der Waals surface area contributed by atoms with Gasteiger partial charge in [-0.3, -0.25) is 9.59 Å². The van der Waals surface area contributed by atoms with Gasteiger partial charge >= 0.3 is 0 Å². The van der Waals surface area contributed by atoms with Crippen LogP contribution >= 0.6 is 0 Å². The van der Waals surface area contributed by atoms with Crippen molar-refractivity contribution in [2.75, 3.05) is 5.73 Å². The van der Waals surface area contributed by atoms with Gasteiger partial charge in [-0.1, -0.05) is 0 Å². The minimum Gasteiger partial charge on any atom is -0.368 e. The summed E-state index contributed by atoms with van der Waals surface area (Å²) in [6.07, 6.45) is 3.20. The number of ketones is 2. The highest BCUT2D eigenvalue weighted by Crippen LogP contribution is 1.81. The number of anilines is 1. The normalized spacial score (nSPS) is 8.15. The smallest absolute Gasteiger partial charge is 0.219 e. The first-order chi connectivity index (χ1) is 6.04. The highest BCUT2D eigenvalue weighted by Gasteiger charge is 1.94. The molecule has 5 nitrogen and oxygen atoms in total. The summed E-state index contributed by atoms with van der Waals surface area (Å²) in [7, 11) is 0. The number of nitrogen functional groups attached to an aromatic ring is 1. The number of carbonyl (C=O) groups is 2. The average Bonchev–Trinajstić information content (AvgIpc) is 2.06. The summed E-state index contributed by atoms with van der Waals surface area (Å²) in [6.45, 7) is 2.50. The van der Waals surface area contributed by atoms with Gasteiger partial charge in [0.05, 0.1) is 0 Å². The Morgan fingerprint density at radius 2 is 1.54 bits per heavy atom. The lowest BCUT2D eigenvalue weighted by Gasteiger charge is -1.82. The molecule has 0 amide bonds. The fourth-order valence-electron chi connectivity index (χ4n) is 0.311. The average molecular weight is 181 g/mol. The number of carbonyl (C=O) groups excluding carboxylic acids is 2. The highest BCUT2D eigenvalue weighted by molar-refractivity contribution is 6.35. The molecule has 1 rings (SSSR count). The summed E-state index contributed by atoms with van der Waals surface area (Å²) in [5, 5.41) is 0. The van der Waals surface area contributed by atoms with Crippen LogP contribution in [-0.4, -0.2) is 21.5 Å². The lowest BCUT2D eigenvalue weighted by Crippen LogP contribution is -2.01. The molecule has 70 valence electrons. The van der Waals surface area contributed by atoms with Crippen molar-refractivity contribution in [2.24, 2.45) is 0 Å². The van der Waals surface area contributed by atoms with Crippen molar-refractivity contribution in [3.63, 3.8) is 0 Å². The van der Waals surface area contributed by atoms with E-state index in [4.69, 9.17) is 5.73 Å². The van der Waals surface area contributed by atoms with E-state index in [2.05, 4.69) is 9.97 Å². The lowest BCUT2D eigenvalue weighted by molar-refractivity contribution is -0.134. The van der Waals surface area contributed by atoms with E-state index in [0.717, 1.165) is 0 Å². The van der Waals surface area contributed by atoms with Gasteiger partial charge in [0, 0.05) is 26.2 Å². The zero-order valence-corrected chi connectivity index (χ0v) is 7.52. The molecule has 1 aromatic heterocycles. The fraction of sp³-hybridized carbons (Fsp3) is 0.250. The predicted molar refractivity (Wildman–Crippen MR) is 47.8 cm³/mol. The molecule has 0 aromatic carbocycles. The largest absolute Gasteiger partial charge is 0.368 e. The van der Waals surface area contributed by atoms with Crippen LogP contribution in [0.25, 0.3) is 0 Å². The van der Waals surface area contributed by atoms with Gasteiger partial charge in [0.2, 0.25) is 5.95 Å². The zero-order valence-electron chi connectivity index (χ0n) is 7.52. The van der Waals surface area contributed by atoms with E-state index in [9.17, 15) is 9.59 Å². The van der Waals surface area contributed by atoms with Crippen LogP contribution < -0.4 is 5.73 Å². The van der Waals surface area contributed by atoms with E-state index < -0.39 is 0 Å². The molecular formula is C8H11N3O2. The molecular weight excluding hydrogens is 170 g/mol. The van der Waals surface area contributed by atoms with Crippen molar-refractivity contribution >= 4 is 17.5 Å². The number of Topliss-reactive ketones (excluding diaryl/α,β-unsaturated/α-hetero) is 2. The molecule has 0 aliphatic heterocycles. The number of rotatable bonds is 1. The number of nitrogens with two attached hydrogens (primary N) is 1. The van der Waals surface area contributed by atoms with Crippen molar-refractivity contribution in [1.82, 2.24) is 9.97 Å².